The molecule has 0 aromatic heterocycles. The molecule has 7 nitrogen and oxygen atoms in total. The van der Waals surface area contributed by atoms with Crippen molar-refractivity contribution < 1.29 is 14.2 Å². The number of likely N-dealkylation sites (N-methyl/N-ethyl adjacent to an activating group) is 1. The highest BCUT2D eigenvalue weighted by Gasteiger charge is 2.42. The topological polar surface area (TPSA) is 81.3 Å². The first-order valence-corrected chi connectivity index (χ1v) is 8.88. The van der Waals surface area contributed by atoms with Gasteiger partial charge in [-0.3, -0.25) is 9.89 Å². The van der Waals surface area contributed by atoms with Crippen molar-refractivity contribution in [2.24, 2.45) is 10.7 Å². The van der Waals surface area contributed by atoms with Gasteiger partial charge in [-0.05, 0) is 25.9 Å². The summed E-state index contributed by atoms with van der Waals surface area (Å²) in [5.41, 5.74) is 5.99. The van der Waals surface area contributed by atoms with Gasteiger partial charge in [-0.15, -0.1) is 0 Å². The first-order valence-electron chi connectivity index (χ1n) is 8.88. The van der Waals surface area contributed by atoms with E-state index in [-0.39, 0.29) is 6.10 Å². The van der Waals surface area contributed by atoms with Crippen LogP contribution in [0.2, 0.25) is 0 Å². The number of guanidine groups is 1. The van der Waals surface area contributed by atoms with Crippen molar-refractivity contribution in [3.63, 3.8) is 0 Å². The Morgan fingerprint density at radius 1 is 1.39 bits per heavy atom. The van der Waals surface area contributed by atoms with Crippen LogP contribution in [0.15, 0.2) is 4.99 Å². The normalized spacial score (nSPS) is 31.8. The molecule has 0 aromatic carbocycles. The lowest BCUT2D eigenvalue weighted by molar-refractivity contribution is -0.210. The monoisotopic (exact) mass is 326 g/mol. The van der Waals surface area contributed by atoms with E-state index in [1.807, 2.05) is 0 Å². The minimum atomic E-state index is -0.429. The zero-order chi connectivity index (χ0) is 16.1. The molecule has 0 bridgehead atoms. The summed E-state index contributed by atoms with van der Waals surface area (Å²) in [5, 5.41) is 3.18. The Bertz CT molecular complexity index is 412. The Balaban J connectivity index is 1.39. The SMILES string of the molecule is CCN1CCCC1CN=C(N)NCC1COC2(CCOCC2)O1. The van der Waals surface area contributed by atoms with E-state index in [2.05, 4.69) is 22.1 Å². The summed E-state index contributed by atoms with van der Waals surface area (Å²) in [6.07, 6.45) is 4.12. The second kappa shape index (κ2) is 7.79. The third kappa shape index (κ3) is 4.35. The largest absolute Gasteiger partial charge is 0.381 e. The molecule has 2 atom stereocenters. The molecular weight excluding hydrogens is 296 g/mol. The fourth-order valence-corrected chi connectivity index (χ4v) is 3.66. The van der Waals surface area contributed by atoms with Crippen molar-refractivity contribution in [1.29, 1.82) is 0 Å². The summed E-state index contributed by atoms with van der Waals surface area (Å²) < 4.78 is 17.3. The number of nitrogens with one attached hydrogen (secondary N) is 1. The standard InChI is InChI=1S/C16H30N4O3/c1-2-20-7-3-4-13(20)10-18-15(17)19-11-14-12-22-16(23-14)5-8-21-9-6-16/h13-14H,2-12H2,1H3,(H3,17,18,19). The summed E-state index contributed by atoms with van der Waals surface area (Å²) >= 11 is 0. The Hall–Kier alpha value is -0.890. The molecule has 3 rings (SSSR count). The van der Waals surface area contributed by atoms with Crippen LogP contribution in [-0.2, 0) is 14.2 Å². The zero-order valence-electron chi connectivity index (χ0n) is 14.1. The highest BCUT2D eigenvalue weighted by Crippen LogP contribution is 2.32. The van der Waals surface area contributed by atoms with E-state index in [0.29, 0.717) is 38.4 Å². The molecule has 3 N–H and O–H groups in total. The van der Waals surface area contributed by atoms with Gasteiger partial charge in [0.05, 0.1) is 26.4 Å². The number of nitrogens with zero attached hydrogens (tertiary/aromatic N) is 2. The van der Waals surface area contributed by atoms with E-state index < -0.39 is 5.79 Å². The maximum atomic E-state index is 6.07. The number of ether oxygens (including phenoxy) is 3. The second-order valence-corrected chi connectivity index (χ2v) is 6.61. The molecule has 0 saturated carbocycles. The summed E-state index contributed by atoms with van der Waals surface area (Å²) in [6.45, 7) is 7.91. The van der Waals surface area contributed by atoms with Gasteiger partial charge in [-0.25, -0.2) is 0 Å². The van der Waals surface area contributed by atoms with Gasteiger partial charge in [-0.1, -0.05) is 6.92 Å². The van der Waals surface area contributed by atoms with E-state index in [9.17, 15) is 0 Å². The van der Waals surface area contributed by atoms with Crippen molar-refractivity contribution in [2.75, 3.05) is 46.0 Å². The predicted molar refractivity (Wildman–Crippen MR) is 88.4 cm³/mol. The van der Waals surface area contributed by atoms with Crippen molar-refractivity contribution in [3.05, 3.63) is 0 Å². The molecule has 3 aliphatic rings. The van der Waals surface area contributed by atoms with Crippen LogP contribution in [0.4, 0.5) is 0 Å². The van der Waals surface area contributed by atoms with Gasteiger partial charge in [0.15, 0.2) is 11.7 Å². The van der Waals surface area contributed by atoms with Crippen LogP contribution in [0.1, 0.15) is 32.6 Å². The fourth-order valence-electron chi connectivity index (χ4n) is 3.66. The van der Waals surface area contributed by atoms with Crippen molar-refractivity contribution >= 4 is 5.96 Å². The zero-order valence-corrected chi connectivity index (χ0v) is 14.1. The maximum absolute atomic E-state index is 6.07. The van der Waals surface area contributed by atoms with Gasteiger partial charge in [0.25, 0.3) is 0 Å². The highest BCUT2D eigenvalue weighted by atomic mass is 16.7. The Kier molecular flexibility index (Phi) is 5.74. The highest BCUT2D eigenvalue weighted by molar-refractivity contribution is 5.77. The van der Waals surface area contributed by atoms with Crippen LogP contribution in [0.3, 0.4) is 0 Å². The molecule has 3 fully saturated rings. The fraction of sp³-hybridized carbons (Fsp3) is 0.938. The van der Waals surface area contributed by atoms with Gasteiger partial charge in [-0.2, -0.15) is 0 Å². The molecule has 7 heteroatoms. The quantitative estimate of drug-likeness (QED) is 0.558. The van der Waals surface area contributed by atoms with Crippen LogP contribution in [0.5, 0.6) is 0 Å². The number of aliphatic imine (C=N–C) groups is 1. The summed E-state index contributed by atoms with van der Waals surface area (Å²) in [4.78, 5) is 6.97. The molecule has 0 radical (unpaired) electrons. The molecule has 0 aliphatic carbocycles. The van der Waals surface area contributed by atoms with Crippen LogP contribution < -0.4 is 11.1 Å². The molecule has 3 heterocycles. The lowest BCUT2D eigenvalue weighted by atomic mass is 10.1. The number of nitrogens with two attached hydrogens (primary N) is 1. The molecular formula is C16H30N4O3. The molecule has 0 aromatic rings. The van der Waals surface area contributed by atoms with E-state index in [1.165, 1.54) is 19.4 Å². The van der Waals surface area contributed by atoms with E-state index in [4.69, 9.17) is 19.9 Å². The van der Waals surface area contributed by atoms with Crippen molar-refractivity contribution in [3.8, 4) is 0 Å². The maximum Gasteiger partial charge on any atom is 0.188 e. The van der Waals surface area contributed by atoms with Gasteiger partial charge in [0.1, 0.15) is 6.10 Å². The Labute approximate surface area is 138 Å². The minimum Gasteiger partial charge on any atom is -0.381 e. The number of rotatable bonds is 5. The van der Waals surface area contributed by atoms with Crippen LogP contribution in [0.25, 0.3) is 0 Å². The van der Waals surface area contributed by atoms with Crippen molar-refractivity contribution in [2.45, 2.75) is 50.5 Å². The number of hydrogen-bond donors (Lipinski definition) is 2. The lowest BCUT2D eigenvalue weighted by Crippen LogP contribution is -2.41. The van der Waals surface area contributed by atoms with Crippen LogP contribution >= 0.6 is 0 Å². The lowest BCUT2D eigenvalue weighted by Gasteiger charge is -2.31. The van der Waals surface area contributed by atoms with E-state index in [1.54, 1.807) is 0 Å². The molecule has 3 aliphatic heterocycles. The average molecular weight is 326 g/mol. The number of likely N-dealkylation sites (tertiary alicyclic amines) is 1. The molecule has 1 spiro atoms. The summed E-state index contributed by atoms with van der Waals surface area (Å²) in [6, 6.07) is 0.539. The molecule has 3 saturated heterocycles. The van der Waals surface area contributed by atoms with Gasteiger partial charge < -0.3 is 25.3 Å². The van der Waals surface area contributed by atoms with Gasteiger partial charge in [0, 0.05) is 25.4 Å². The van der Waals surface area contributed by atoms with Crippen molar-refractivity contribution in [1.82, 2.24) is 10.2 Å². The third-order valence-corrected chi connectivity index (χ3v) is 5.06. The summed E-state index contributed by atoms with van der Waals surface area (Å²) in [7, 11) is 0. The smallest absolute Gasteiger partial charge is 0.188 e. The van der Waals surface area contributed by atoms with E-state index in [0.717, 1.165) is 25.9 Å². The Morgan fingerprint density at radius 3 is 3.00 bits per heavy atom. The van der Waals surface area contributed by atoms with Crippen LogP contribution in [-0.4, -0.2) is 74.8 Å². The average Bonchev–Trinajstić information content (AvgIpc) is 3.18. The number of hydrogen-bond acceptors (Lipinski definition) is 5. The molecule has 23 heavy (non-hydrogen) atoms. The minimum absolute atomic E-state index is 0.0282. The van der Waals surface area contributed by atoms with Gasteiger partial charge >= 0.3 is 0 Å². The van der Waals surface area contributed by atoms with E-state index >= 15 is 0 Å². The third-order valence-electron chi connectivity index (χ3n) is 5.06. The van der Waals surface area contributed by atoms with Gasteiger partial charge in [0.2, 0.25) is 0 Å². The second-order valence-electron chi connectivity index (χ2n) is 6.61. The first kappa shape index (κ1) is 17.0. The predicted octanol–water partition coefficient (Wildman–Crippen LogP) is 0.297. The molecule has 2 unspecified atom stereocenters. The molecule has 132 valence electrons. The molecule has 0 amide bonds. The Morgan fingerprint density at radius 2 is 2.22 bits per heavy atom. The first-order chi connectivity index (χ1) is 11.2. The van der Waals surface area contributed by atoms with Crippen LogP contribution in [0, 0.1) is 0 Å². The summed E-state index contributed by atoms with van der Waals surface area (Å²) in [5.74, 6) is 0.0756.